The summed E-state index contributed by atoms with van der Waals surface area (Å²) >= 11 is 0. The number of ether oxygens (including phenoxy) is 2. The quantitative estimate of drug-likeness (QED) is 0.660. The van der Waals surface area contributed by atoms with Crippen LogP contribution in [0, 0.1) is 0 Å². The van der Waals surface area contributed by atoms with Gasteiger partial charge in [-0.1, -0.05) is 0 Å². The van der Waals surface area contributed by atoms with E-state index in [0.717, 1.165) is 0 Å². The summed E-state index contributed by atoms with van der Waals surface area (Å²) in [6.45, 7) is 3.34. The van der Waals surface area contributed by atoms with E-state index in [0.29, 0.717) is 25.5 Å². The summed E-state index contributed by atoms with van der Waals surface area (Å²) in [5.74, 6) is 0. The Labute approximate surface area is 76.3 Å². The van der Waals surface area contributed by atoms with Crippen LogP contribution in [-0.2, 0) is 11.3 Å². The van der Waals surface area contributed by atoms with Crippen molar-refractivity contribution in [3.8, 4) is 6.08 Å². The second kappa shape index (κ2) is 5.55. The highest BCUT2D eigenvalue weighted by Gasteiger charge is 2.02. The average molecular weight is 187 g/mol. The third kappa shape index (κ3) is 3.43. The third-order valence-electron chi connectivity index (χ3n) is 1.35. The minimum atomic E-state index is -0.141. The van der Waals surface area contributed by atoms with Crippen LogP contribution in [0.25, 0.3) is 0 Å². The molecule has 0 radical (unpaired) electrons. The van der Waals surface area contributed by atoms with E-state index >= 15 is 0 Å². The van der Waals surface area contributed by atoms with Crippen LogP contribution in [0.15, 0.2) is 10.7 Å². The third-order valence-corrected chi connectivity index (χ3v) is 1.35. The Balaban J connectivity index is 2.20. The highest BCUT2D eigenvalue weighted by molar-refractivity contribution is 4.97. The fourth-order valence-electron chi connectivity index (χ4n) is 0.760. The predicted molar refractivity (Wildman–Crippen MR) is 44.4 cm³/mol. The van der Waals surface area contributed by atoms with Gasteiger partial charge in [0.15, 0.2) is 0 Å². The monoisotopic (exact) mass is 187 g/mol. The van der Waals surface area contributed by atoms with Crippen molar-refractivity contribution in [1.29, 1.82) is 0 Å². The first kappa shape index (κ1) is 10.0. The van der Waals surface area contributed by atoms with Gasteiger partial charge in [-0.25, -0.2) is 0 Å². The van der Waals surface area contributed by atoms with Gasteiger partial charge >= 0.3 is 6.08 Å². The Morgan fingerprint density at radius 1 is 1.54 bits per heavy atom. The first-order valence-corrected chi connectivity index (χ1v) is 4.12. The molecule has 0 amide bonds. The Hall–Kier alpha value is -1.07. The first-order chi connectivity index (χ1) is 6.36. The Kier molecular flexibility index (Phi) is 4.28. The predicted octanol–water partition coefficient (Wildman–Crippen LogP) is 0.582. The maximum Gasteiger partial charge on any atom is 0.393 e. The molecule has 1 heterocycles. The Morgan fingerprint density at radius 3 is 3.00 bits per heavy atom. The van der Waals surface area contributed by atoms with Crippen molar-refractivity contribution in [2.75, 3.05) is 19.8 Å². The van der Waals surface area contributed by atoms with E-state index < -0.39 is 0 Å². The largest absolute Gasteiger partial charge is 0.448 e. The molecule has 0 unspecified atom stereocenters. The SMILES string of the molecule is CCOCCOc1nc(CO)co1. The molecule has 5 nitrogen and oxygen atoms in total. The van der Waals surface area contributed by atoms with Gasteiger partial charge in [-0.05, 0) is 6.92 Å². The van der Waals surface area contributed by atoms with Gasteiger partial charge in [0.25, 0.3) is 0 Å². The molecule has 1 rings (SSSR count). The van der Waals surface area contributed by atoms with Crippen LogP contribution in [0.4, 0.5) is 0 Å². The molecule has 13 heavy (non-hydrogen) atoms. The van der Waals surface area contributed by atoms with Crippen molar-refractivity contribution in [1.82, 2.24) is 4.98 Å². The van der Waals surface area contributed by atoms with Crippen molar-refractivity contribution >= 4 is 0 Å². The molecule has 0 bridgehead atoms. The number of rotatable bonds is 6. The molecular formula is C8H13NO4. The number of oxazole rings is 1. The fourth-order valence-corrected chi connectivity index (χ4v) is 0.760. The smallest absolute Gasteiger partial charge is 0.393 e. The van der Waals surface area contributed by atoms with Gasteiger partial charge in [0, 0.05) is 6.61 Å². The van der Waals surface area contributed by atoms with E-state index in [2.05, 4.69) is 4.98 Å². The van der Waals surface area contributed by atoms with Gasteiger partial charge in [-0.2, -0.15) is 4.98 Å². The Morgan fingerprint density at radius 2 is 2.38 bits per heavy atom. The lowest BCUT2D eigenvalue weighted by Gasteiger charge is -2.00. The number of aliphatic hydroxyl groups is 1. The molecule has 0 fully saturated rings. The number of aromatic nitrogens is 1. The molecule has 5 heteroatoms. The molecule has 0 spiro atoms. The normalized spacial score (nSPS) is 10.3. The van der Waals surface area contributed by atoms with E-state index in [4.69, 9.17) is 19.0 Å². The molecule has 0 atom stereocenters. The second-order valence-corrected chi connectivity index (χ2v) is 2.31. The van der Waals surface area contributed by atoms with E-state index in [1.54, 1.807) is 0 Å². The van der Waals surface area contributed by atoms with Crippen LogP contribution in [0.2, 0.25) is 0 Å². The van der Waals surface area contributed by atoms with Gasteiger partial charge in [0.05, 0.1) is 13.2 Å². The van der Waals surface area contributed by atoms with Crippen molar-refractivity contribution in [3.05, 3.63) is 12.0 Å². The van der Waals surface area contributed by atoms with Gasteiger partial charge < -0.3 is 19.0 Å². The van der Waals surface area contributed by atoms with Crippen LogP contribution in [0.1, 0.15) is 12.6 Å². The van der Waals surface area contributed by atoms with Crippen molar-refractivity contribution in [2.24, 2.45) is 0 Å². The van der Waals surface area contributed by atoms with E-state index in [1.165, 1.54) is 6.26 Å². The summed E-state index contributed by atoms with van der Waals surface area (Å²) < 4.78 is 15.0. The average Bonchev–Trinajstić information content (AvgIpc) is 2.60. The van der Waals surface area contributed by atoms with Crippen LogP contribution >= 0.6 is 0 Å². The summed E-state index contributed by atoms with van der Waals surface area (Å²) in [5, 5.41) is 8.66. The van der Waals surface area contributed by atoms with Crippen LogP contribution < -0.4 is 4.74 Å². The highest BCUT2D eigenvalue weighted by Crippen LogP contribution is 2.09. The van der Waals surface area contributed by atoms with E-state index in [-0.39, 0.29) is 12.7 Å². The molecule has 1 N–H and O–H groups in total. The minimum absolute atomic E-state index is 0.141. The molecule has 0 saturated carbocycles. The molecule has 74 valence electrons. The molecular weight excluding hydrogens is 174 g/mol. The van der Waals surface area contributed by atoms with Crippen LogP contribution in [0.5, 0.6) is 6.08 Å². The zero-order chi connectivity index (χ0) is 9.52. The van der Waals surface area contributed by atoms with Gasteiger partial charge in [-0.15, -0.1) is 0 Å². The number of aliphatic hydroxyl groups excluding tert-OH is 1. The lowest BCUT2D eigenvalue weighted by atomic mass is 10.5. The molecule has 0 aliphatic heterocycles. The summed E-state index contributed by atoms with van der Waals surface area (Å²) in [5.41, 5.74) is 0.464. The molecule has 1 aromatic heterocycles. The zero-order valence-electron chi connectivity index (χ0n) is 7.52. The van der Waals surface area contributed by atoms with Crippen LogP contribution in [-0.4, -0.2) is 29.9 Å². The lowest BCUT2D eigenvalue weighted by Crippen LogP contribution is -2.06. The molecule has 0 saturated heterocycles. The fraction of sp³-hybridized carbons (Fsp3) is 0.625. The molecule has 0 aliphatic carbocycles. The van der Waals surface area contributed by atoms with Crippen molar-refractivity contribution < 1.29 is 19.0 Å². The van der Waals surface area contributed by atoms with Crippen molar-refractivity contribution in [2.45, 2.75) is 13.5 Å². The van der Waals surface area contributed by atoms with Gasteiger partial charge in [0.1, 0.15) is 18.6 Å². The standard InChI is InChI=1S/C8H13NO4/c1-2-11-3-4-12-8-9-7(5-10)6-13-8/h6,10H,2-5H2,1H3. The summed E-state index contributed by atoms with van der Waals surface area (Å²) in [4.78, 5) is 3.83. The van der Waals surface area contributed by atoms with E-state index in [9.17, 15) is 0 Å². The number of hydrogen-bond acceptors (Lipinski definition) is 5. The molecule has 1 aromatic rings. The summed E-state index contributed by atoms with van der Waals surface area (Å²) in [6.07, 6.45) is 1.53. The summed E-state index contributed by atoms with van der Waals surface area (Å²) in [6, 6.07) is 0. The molecule has 0 aromatic carbocycles. The summed E-state index contributed by atoms with van der Waals surface area (Å²) in [7, 11) is 0. The highest BCUT2D eigenvalue weighted by atomic mass is 16.6. The maximum absolute atomic E-state index is 8.66. The first-order valence-electron chi connectivity index (χ1n) is 4.12. The minimum Gasteiger partial charge on any atom is -0.448 e. The maximum atomic E-state index is 8.66. The molecule has 0 aliphatic rings. The number of nitrogens with zero attached hydrogens (tertiary/aromatic N) is 1. The zero-order valence-corrected chi connectivity index (χ0v) is 7.52. The van der Waals surface area contributed by atoms with Gasteiger partial charge in [-0.3, -0.25) is 0 Å². The Bertz CT molecular complexity index is 236. The lowest BCUT2D eigenvalue weighted by molar-refractivity contribution is 0.0965. The number of hydrogen-bond donors (Lipinski definition) is 1. The second-order valence-electron chi connectivity index (χ2n) is 2.31. The van der Waals surface area contributed by atoms with Crippen LogP contribution in [0.3, 0.4) is 0 Å². The van der Waals surface area contributed by atoms with E-state index in [1.807, 2.05) is 6.92 Å². The van der Waals surface area contributed by atoms with Gasteiger partial charge in [0.2, 0.25) is 0 Å². The van der Waals surface area contributed by atoms with Crippen molar-refractivity contribution in [3.63, 3.8) is 0 Å². The topological polar surface area (TPSA) is 64.7 Å².